The van der Waals surface area contributed by atoms with Gasteiger partial charge in [0.25, 0.3) is 0 Å². The van der Waals surface area contributed by atoms with E-state index in [4.69, 9.17) is 9.47 Å². The van der Waals surface area contributed by atoms with Gasteiger partial charge >= 0.3 is 5.97 Å². The van der Waals surface area contributed by atoms with E-state index in [1.165, 1.54) is 0 Å². The number of esters is 1. The summed E-state index contributed by atoms with van der Waals surface area (Å²) in [4.78, 5) is 11.9. The van der Waals surface area contributed by atoms with Crippen molar-refractivity contribution in [2.24, 2.45) is 5.92 Å². The van der Waals surface area contributed by atoms with E-state index in [2.05, 4.69) is 29.3 Å². The molecule has 1 aromatic carbocycles. The van der Waals surface area contributed by atoms with E-state index in [1.807, 2.05) is 25.1 Å². The molecule has 0 atom stereocenters. The number of aromatic amines is 1. The zero-order valence-corrected chi connectivity index (χ0v) is 14.0. The van der Waals surface area contributed by atoms with Crippen molar-refractivity contribution in [3.05, 3.63) is 29.5 Å². The number of rotatable bonds is 7. The predicted molar refractivity (Wildman–Crippen MR) is 87.5 cm³/mol. The highest BCUT2D eigenvalue weighted by molar-refractivity contribution is 5.94. The van der Waals surface area contributed by atoms with Gasteiger partial charge in [0.1, 0.15) is 11.4 Å². The fourth-order valence-corrected chi connectivity index (χ4v) is 2.08. The number of benzene rings is 1. The van der Waals surface area contributed by atoms with Gasteiger partial charge in [0.2, 0.25) is 0 Å². The molecule has 0 amide bonds. The molecule has 23 heavy (non-hydrogen) atoms. The Morgan fingerprint density at radius 3 is 2.78 bits per heavy atom. The quantitative estimate of drug-likeness (QED) is 0.792. The third-order valence-electron chi connectivity index (χ3n) is 3.43. The van der Waals surface area contributed by atoms with Crippen LogP contribution >= 0.6 is 0 Å². The number of aromatic nitrogens is 3. The molecule has 0 saturated carbocycles. The Balaban J connectivity index is 2.24. The molecule has 2 rings (SSSR count). The third kappa shape index (κ3) is 4.31. The Kier molecular flexibility index (Phi) is 5.73. The Morgan fingerprint density at radius 2 is 2.09 bits per heavy atom. The van der Waals surface area contributed by atoms with E-state index in [1.54, 1.807) is 6.92 Å². The minimum absolute atomic E-state index is 0.184. The topological polar surface area (TPSA) is 77.1 Å². The molecule has 6 heteroatoms. The standard InChI is InChI=1S/C17H23N3O3/c1-5-22-17(21)16-15(18-20-19-16)13-7-6-12(4)14(10-13)23-9-8-11(2)3/h6-7,10-11H,5,8-9H2,1-4H3,(H,18,19,20). The first kappa shape index (κ1) is 17.0. The number of nitrogens with zero attached hydrogens (tertiary/aromatic N) is 2. The first-order valence-electron chi connectivity index (χ1n) is 7.84. The third-order valence-corrected chi connectivity index (χ3v) is 3.43. The van der Waals surface area contributed by atoms with Crippen LogP contribution in [0.25, 0.3) is 11.3 Å². The van der Waals surface area contributed by atoms with Crippen LogP contribution in [0.3, 0.4) is 0 Å². The molecule has 0 unspecified atom stereocenters. The van der Waals surface area contributed by atoms with E-state index in [0.717, 1.165) is 23.3 Å². The van der Waals surface area contributed by atoms with Crippen molar-refractivity contribution in [1.82, 2.24) is 15.4 Å². The lowest BCUT2D eigenvalue weighted by Crippen LogP contribution is -2.07. The molecule has 2 aromatic rings. The fraction of sp³-hybridized carbons (Fsp3) is 0.471. The van der Waals surface area contributed by atoms with Gasteiger partial charge in [-0.25, -0.2) is 4.79 Å². The predicted octanol–water partition coefficient (Wildman–Crippen LogP) is 3.38. The van der Waals surface area contributed by atoms with Gasteiger partial charge < -0.3 is 9.47 Å². The summed E-state index contributed by atoms with van der Waals surface area (Å²) >= 11 is 0. The minimum Gasteiger partial charge on any atom is -0.493 e. The molecule has 1 N–H and O–H groups in total. The number of carbonyl (C=O) groups is 1. The summed E-state index contributed by atoms with van der Waals surface area (Å²) in [5, 5.41) is 10.5. The van der Waals surface area contributed by atoms with Gasteiger partial charge in [-0.3, -0.25) is 0 Å². The SMILES string of the molecule is CCOC(=O)c1n[nH]nc1-c1ccc(C)c(OCCC(C)C)c1. The molecule has 1 heterocycles. The molecule has 0 saturated heterocycles. The van der Waals surface area contributed by atoms with Crippen LogP contribution in [0, 0.1) is 12.8 Å². The monoisotopic (exact) mass is 317 g/mol. The molecule has 6 nitrogen and oxygen atoms in total. The first-order valence-corrected chi connectivity index (χ1v) is 7.84. The molecule has 0 fully saturated rings. The van der Waals surface area contributed by atoms with Crippen LogP contribution in [0.2, 0.25) is 0 Å². The average Bonchev–Trinajstić information content (AvgIpc) is 2.98. The zero-order valence-electron chi connectivity index (χ0n) is 14.0. The van der Waals surface area contributed by atoms with Crippen LogP contribution < -0.4 is 4.74 Å². The maximum Gasteiger partial charge on any atom is 0.361 e. The highest BCUT2D eigenvalue weighted by atomic mass is 16.5. The molecule has 0 aliphatic rings. The van der Waals surface area contributed by atoms with Crippen molar-refractivity contribution in [1.29, 1.82) is 0 Å². The van der Waals surface area contributed by atoms with Crippen molar-refractivity contribution in [2.45, 2.75) is 34.1 Å². The van der Waals surface area contributed by atoms with Gasteiger partial charge in [-0.2, -0.15) is 10.3 Å². The normalized spacial score (nSPS) is 10.8. The molecule has 0 aliphatic carbocycles. The summed E-state index contributed by atoms with van der Waals surface area (Å²) in [5.74, 6) is 0.893. The highest BCUT2D eigenvalue weighted by Gasteiger charge is 2.19. The van der Waals surface area contributed by atoms with E-state index < -0.39 is 5.97 Å². The van der Waals surface area contributed by atoms with Crippen LogP contribution in [-0.4, -0.2) is 34.6 Å². The Labute approximate surface area is 136 Å². The molecule has 0 aliphatic heterocycles. The summed E-state index contributed by atoms with van der Waals surface area (Å²) < 4.78 is 10.9. The summed E-state index contributed by atoms with van der Waals surface area (Å²) in [7, 11) is 0. The number of hydrogen-bond acceptors (Lipinski definition) is 5. The van der Waals surface area contributed by atoms with E-state index in [9.17, 15) is 4.79 Å². The van der Waals surface area contributed by atoms with Gasteiger partial charge in [0.15, 0.2) is 5.69 Å². The number of carbonyl (C=O) groups excluding carboxylic acids is 1. The minimum atomic E-state index is -0.487. The molecule has 0 radical (unpaired) electrons. The number of aryl methyl sites for hydroxylation is 1. The molecule has 0 spiro atoms. The first-order chi connectivity index (χ1) is 11.0. The van der Waals surface area contributed by atoms with Crippen LogP contribution in [-0.2, 0) is 4.74 Å². The number of nitrogens with one attached hydrogen (secondary N) is 1. The zero-order chi connectivity index (χ0) is 16.8. The van der Waals surface area contributed by atoms with Crippen molar-refractivity contribution in [3.63, 3.8) is 0 Å². The maximum absolute atomic E-state index is 11.9. The smallest absolute Gasteiger partial charge is 0.361 e. The van der Waals surface area contributed by atoms with E-state index in [0.29, 0.717) is 24.8 Å². The van der Waals surface area contributed by atoms with Gasteiger partial charge in [-0.15, -0.1) is 5.10 Å². The maximum atomic E-state index is 11.9. The second-order valence-corrected chi connectivity index (χ2v) is 5.75. The number of ether oxygens (including phenoxy) is 2. The lowest BCUT2D eigenvalue weighted by molar-refractivity contribution is 0.0520. The van der Waals surface area contributed by atoms with Crippen LogP contribution in [0.1, 0.15) is 43.2 Å². The fourth-order valence-electron chi connectivity index (χ4n) is 2.08. The van der Waals surface area contributed by atoms with Crippen molar-refractivity contribution in [3.8, 4) is 17.0 Å². The van der Waals surface area contributed by atoms with Gasteiger partial charge in [0.05, 0.1) is 13.2 Å². The Morgan fingerprint density at radius 1 is 1.30 bits per heavy atom. The van der Waals surface area contributed by atoms with E-state index in [-0.39, 0.29) is 5.69 Å². The lowest BCUT2D eigenvalue weighted by Gasteiger charge is -2.12. The Hall–Kier alpha value is -2.37. The summed E-state index contributed by atoms with van der Waals surface area (Å²) in [6.07, 6.45) is 0.988. The average molecular weight is 317 g/mol. The second kappa shape index (κ2) is 7.76. The Bertz CT molecular complexity index is 665. The highest BCUT2D eigenvalue weighted by Crippen LogP contribution is 2.27. The summed E-state index contributed by atoms with van der Waals surface area (Å²) in [5.41, 5.74) is 2.46. The van der Waals surface area contributed by atoms with Crippen molar-refractivity contribution < 1.29 is 14.3 Å². The second-order valence-electron chi connectivity index (χ2n) is 5.75. The van der Waals surface area contributed by atoms with Crippen LogP contribution in [0.4, 0.5) is 0 Å². The summed E-state index contributed by atoms with van der Waals surface area (Å²) in [6, 6.07) is 5.73. The van der Waals surface area contributed by atoms with Gasteiger partial charge in [-0.1, -0.05) is 26.0 Å². The van der Waals surface area contributed by atoms with Crippen molar-refractivity contribution >= 4 is 5.97 Å². The molecular weight excluding hydrogens is 294 g/mol. The molecule has 1 aromatic heterocycles. The summed E-state index contributed by atoms with van der Waals surface area (Å²) in [6.45, 7) is 9.02. The lowest BCUT2D eigenvalue weighted by atomic mass is 10.1. The number of hydrogen-bond donors (Lipinski definition) is 1. The molecule has 0 bridgehead atoms. The van der Waals surface area contributed by atoms with Crippen LogP contribution in [0.15, 0.2) is 18.2 Å². The van der Waals surface area contributed by atoms with Crippen LogP contribution in [0.5, 0.6) is 5.75 Å². The molecular formula is C17H23N3O3. The van der Waals surface area contributed by atoms with Gasteiger partial charge in [0, 0.05) is 5.56 Å². The van der Waals surface area contributed by atoms with Crippen molar-refractivity contribution in [2.75, 3.05) is 13.2 Å². The number of H-pyrrole nitrogens is 1. The largest absolute Gasteiger partial charge is 0.493 e. The van der Waals surface area contributed by atoms with E-state index >= 15 is 0 Å². The van der Waals surface area contributed by atoms with Gasteiger partial charge in [-0.05, 0) is 37.8 Å². The molecule has 124 valence electrons.